The summed E-state index contributed by atoms with van der Waals surface area (Å²) in [7, 11) is 0. The summed E-state index contributed by atoms with van der Waals surface area (Å²) >= 11 is 3.11. The lowest BCUT2D eigenvalue weighted by molar-refractivity contribution is 0.506. The second-order valence-electron chi connectivity index (χ2n) is 3.36. The summed E-state index contributed by atoms with van der Waals surface area (Å²) in [6.07, 6.45) is 0. The van der Waals surface area contributed by atoms with Crippen LogP contribution in [0.25, 0.3) is 0 Å². The van der Waals surface area contributed by atoms with E-state index >= 15 is 0 Å². The Morgan fingerprint density at radius 2 is 2.18 bits per heavy atom. The Morgan fingerprint density at radius 3 is 2.82 bits per heavy atom. The maximum atomic E-state index is 13.0. The van der Waals surface area contributed by atoms with Gasteiger partial charge in [-0.1, -0.05) is 0 Å². The van der Waals surface area contributed by atoms with Gasteiger partial charge >= 0.3 is 0 Å². The molecule has 2 rings (SSSR count). The SMILES string of the molecule is N#Cc1ccc(CNc2ccc(F)c(Br)c2)o1. The number of nitriles is 1. The van der Waals surface area contributed by atoms with Gasteiger partial charge in [0, 0.05) is 5.69 Å². The number of nitrogens with one attached hydrogen (secondary N) is 1. The molecule has 2 aromatic rings. The monoisotopic (exact) mass is 294 g/mol. The van der Waals surface area contributed by atoms with Gasteiger partial charge in [-0.15, -0.1) is 0 Å². The van der Waals surface area contributed by atoms with Crippen molar-refractivity contribution in [3.05, 3.63) is 52.1 Å². The summed E-state index contributed by atoms with van der Waals surface area (Å²) in [5, 5.41) is 11.7. The van der Waals surface area contributed by atoms with Gasteiger partial charge in [-0.2, -0.15) is 5.26 Å². The fourth-order valence-corrected chi connectivity index (χ4v) is 1.71. The van der Waals surface area contributed by atoms with Gasteiger partial charge in [0.25, 0.3) is 0 Å². The molecule has 1 aromatic carbocycles. The van der Waals surface area contributed by atoms with Crippen molar-refractivity contribution in [2.45, 2.75) is 6.54 Å². The molecule has 0 amide bonds. The van der Waals surface area contributed by atoms with Crippen LogP contribution in [-0.2, 0) is 6.54 Å². The van der Waals surface area contributed by atoms with Crippen LogP contribution in [0.4, 0.5) is 10.1 Å². The van der Waals surface area contributed by atoms with Crippen molar-refractivity contribution in [1.82, 2.24) is 0 Å². The third-order valence-corrected chi connectivity index (χ3v) is 2.77. The van der Waals surface area contributed by atoms with Crippen molar-refractivity contribution in [2.24, 2.45) is 0 Å². The summed E-state index contributed by atoms with van der Waals surface area (Å²) in [5.41, 5.74) is 0.771. The summed E-state index contributed by atoms with van der Waals surface area (Å²) < 4.78 is 18.6. The van der Waals surface area contributed by atoms with Crippen LogP contribution >= 0.6 is 15.9 Å². The molecule has 17 heavy (non-hydrogen) atoms. The van der Waals surface area contributed by atoms with Crippen LogP contribution in [-0.4, -0.2) is 0 Å². The lowest BCUT2D eigenvalue weighted by Crippen LogP contribution is -1.98. The first-order valence-electron chi connectivity index (χ1n) is 4.87. The maximum Gasteiger partial charge on any atom is 0.203 e. The van der Waals surface area contributed by atoms with Crippen molar-refractivity contribution in [3.8, 4) is 6.07 Å². The van der Waals surface area contributed by atoms with Gasteiger partial charge in [-0.3, -0.25) is 0 Å². The van der Waals surface area contributed by atoms with E-state index in [-0.39, 0.29) is 11.6 Å². The zero-order chi connectivity index (χ0) is 12.3. The molecule has 0 atom stereocenters. The van der Waals surface area contributed by atoms with Crippen LogP contribution in [0, 0.1) is 17.1 Å². The molecule has 1 N–H and O–H groups in total. The molecule has 0 spiro atoms. The van der Waals surface area contributed by atoms with E-state index in [9.17, 15) is 4.39 Å². The molecule has 0 fully saturated rings. The Balaban J connectivity index is 2.02. The lowest BCUT2D eigenvalue weighted by Gasteiger charge is -2.05. The Bertz CT molecular complexity index is 574. The zero-order valence-electron chi connectivity index (χ0n) is 8.71. The highest BCUT2D eigenvalue weighted by Gasteiger charge is 2.03. The standard InChI is InChI=1S/C12H8BrFN2O/c13-11-5-8(1-4-12(11)14)16-7-10-3-2-9(6-15)17-10/h1-5,16H,7H2. The summed E-state index contributed by atoms with van der Waals surface area (Å²) in [5.74, 6) is 0.629. The van der Waals surface area contributed by atoms with E-state index in [1.807, 2.05) is 6.07 Å². The summed E-state index contributed by atoms with van der Waals surface area (Å²) in [6, 6.07) is 9.89. The topological polar surface area (TPSA) is 49.0 Å². The second-order valence-corrected chi connectivity index (χ2v) is 4.21. The van der Waals surface area contributed by atoms with E-state index in [4.69, 9.17) is 9.68 Å². The Kier molecular flexibility index (Phi) is 3.45. The van der Waals surface area contributed by atoms with Gasteiger partial charge in [-0.05, 0) is 46.3 Å². The smallest absolute Gasteiger partial charge is 0.203 e. The van der Waals surface area contributed by atoms with Crippen LogP contribution in [0.2, 0.25) is 0 Å². The number of furan rings is 1. The van der Waals surface area contributed by atoms with Gasteiger partial charge in [0.15, 0.2) is 0 Å². The van der Waals surface area contributed by atoms with Gasteiger partial charge in [0.05, 0.1) is 11.0 Å². The predicted molar refractivity (Wildman–Crippen MR) is 64.8 cm³/mol. The number of nitrogens with zero attached hydrogens (tertiary/aromatic N) is 1. The molecule has 0 radical (unpaired) electrons. The molecule has 86 valence electrons. The van der Waals surface area contributed by atoms with E-state index < -0.39 is 0 Å². The molecule has 3 nitrogen and oxygen atoms in total. The van der Waals surface area contributed by atoms with Crippen LogP contribution in [0.1, 0.15) is 11.5 Å². The molecule has 0 bridgehead atoms. The minimum atomic E-state index is -0.305. The van der Waals surface area contributed by atoms with E-state index in [0.29, 0.717) is 16.8 Å². The molecule has 0 aliphatic rings. The Hall–Kier alpha value is -1.80. The summed E-state index contributed by atoms with van der Waals surface area (Å²) in [4.78, 5) is 0. The van der Waals surface area contributed by atoms with Crippen LogP contribution in [0.3, 0.4) is 0 Å². The molecule has 1 heterocycles. The highest BCUT2D eigenvalue weighted by atomic mass is 79.9. The van der Waals surface area contributed by atoms with Crippen LogP contribution in [0.15, 0.2) is 39.2 Å². The van der Waals surface area contributed by atoms with Crippen molar-refractivity contribution in [2.75, 3.05) is 5.32 Å². The van der Waals surface area contributed by atoms with E-state index in [0.717, 1.165) is 5.69 Å². The van der Waals surface area contributed by atoms with Crippen LogP contribution in [0.5, 0.6) is 0 Å². The number of hydrogen-bond acceptors (Lipinski definition) is 3. The summed E-state index contributed by atoms with van der Waals surface area (Å²) in [6.45, 7) is 0.444. The van der Waals surface area contributed by atoms with Crippen molar-refractivity contribution >= 4 is 21.6 Å². The zero-order valence-corrected chi connectivity index (χ0v) is 10.3. The quantitative estimate of drug-likeness (QED) is 0.940. The molecule has 0 aliphatic carbocycles. The maximum absolute atomic E-state index is 13.0. The predicted octanol–water partition coefficient (Wildman–Crippen LogP) is 3.66. The molecular weight excluding hydrogens is 287 g/mol. The largest absolute Gasteiger partial charge is 0.449 e. The minimum Gasteiger partial charge on any atom is -0.449 e. The highest BCUT2D eigenvalue weighted by Crippen LogP contribution is 2.20. The first-order valence-corrected chi connectivity index (χ1v) is 5.66. The van der Waals surface area contributed by atoms with Crippen LogP contribution < -0.4 is 5.32 Å². The van der Waals surface area contributed by atoms with E-state index in [2.05, 4.69) is 21.2 Å². The average Bonchev–Trinajstić information content (AvgIpc) is 2.79. The highest BCUT2D eigenvalue weighted by molar-refractivity contribution is 9.10. The molecule has 0 unspecified atom stereocenters. The number of hydrogen-bond donors (Lipinski definition) is 1. The minimum absolute atomic E-state index is 0.280. The average molecular weight is 295 g/mol. The third-order valence-electron chi connectivity index (χ3n) is 2.16. The lowest BCUT2D eigenvalue weighted by atomic mass is 10.3. The normalized spacial score (nSPS) is 9.94. The number of benzene rings is 1. The third kappa shape index (κ3) is 2.86. The van der Waals surface area contributed by atoms with E-state index in [1.165, 1.54) is 6.07 Å². The van der Waals surface area contributed by atoms with Gasteiger partial charge in [-0.25, -0.2) is 4.39 Å². The fourth-order valence-electron chi connectivity index (χ4n) is 1.33. The number of anilines is 1. The fraction of sp³-hybridized carbons (Fsp3) is 0.0833. The first-order chi connectivity index (χ1) is 8.19. The first kappa shape index (κ1) is 11.7. The second kappa shape index (κ2) is 5.02. The van der Waals surface area contributed by atoms with Gasteiger partial charge in [0.2, 0.25) is 5.76 Å². The molecule has 0 aliphatic heterocycles. The van der Waals surface area contributed by atoms with E-state index in [1.54, 1.807) is 24.3 Å². The van der Waals surface area contributed by atoms with Gasteiger partial charge in [0.1, 0.15) is 17.6 Å². The van der Waals surface area contributed by atoms with Gasteiger partial charge < -0.3 is 9.73 Å². The molecular formula is C12H8BrFN2O. The molecule has 0 saturated heterocycles. The molecule has 5 heteroatoms. The van der Waals surface area contributed by atoms with Crippen molar-refractivity contribution in [1.29, 1.82) is 5.26 Å². The number of halogens is 2. The van der Waals surface area contributed by atoms with Crippen molar-refractivity contribution < 1.29 is 8.81 Å². The van der Waals surface area contributed by atoms with Crippen molar-refractivity contribution in [3.63, 3.8) is 0 Å². The molecule has 1 aromatic heterocycles. The Morgan fingerprint density at radius 1 is 1.35 bits per heavy atom. The molecule has 0 saturated carbocycles. The Labute approximate surface area is 106 Å². The number of rotatable bonds is 3.